The standard InChI is InChI=1S/C20H23NO4/c22-19(21-13-4-3-8-16(21)11-12-20(23)24)14-25-18-10-5-7-15-6-1-2-9-17(15)18/h1-2,5-7,9-10,16H,3-4,8,11-14H2,(H,23,24). The zero-order valence-electron chi connectivity index (χ0n) is 14.2. The van der Waals surface area contributed by atoms with Gasteiger partial charge in [0.25, 0.3) is 5.91 Å². The minimum atomic E-state index is -0.815. The molecule has 1 atom stereocenters. The van der Waals surface area contributed by atoms with Crippen LogP contribution in [0.1, 0.15) is 32.1 Å². The summed E-state index contributed by atoms with van der Waals surface area (Å²) in [6, 6.07) is 13.7. The van der Waals surface area contributed by atoms with Gasteiger partial charge in [-0.2, -0.15) is 0 Å². The van der Waals surface area contributed by atoms with E-state index >= 15 is 0 Å². The van der Waals surface area contributed by atoms with Crippen molar-refractivity contribution in [1.82, 2.24) is 4.90 Å². The number of carbonyl (C=O) groups is 2. The summed E-state index contributed by atoms with van der Waals surface area (Å²) in [5.41, 5.74) is 0. The Morgan fingerprint density at radius 2 is 1.92 bits per heavy atom. The summed E-state index contributed by atoms with van der Waals surface area (Å²) in [5, 5.41) is 11.0. The first-order valence-electron chi connectivity index (χ1n) is 8.77. The lowest BCUT2D eigenvalue weighted by atomic mass is 9.98. The predicted octanol–water partition coefficient (Wildman–Crippen LogP) is 3.46. The number of amides is 1. The molecular weight excluding hydrogens is 318 g/mol. The first-order valence-corrected chi connectivity index (χ1v) is 8.77. The summed E-state index contributed by atoms with van der Waals surface area (Å²) in [6.45, 7) is 0.666. The van der Waals surface area contributed by atoms with Crippen molar-refractivity contribution in [3.8, 4) is 5.75 Å². The van der Waals surface area contributed by atoms with Crippen molar-refractivity contribution in [2.45, 2.75) is 38.1 Å². The smallest absolute Gasteiger partial charge is 0.303 e. The zero-order valence-corrected chi connectivity index (χ0v) is 14.2. The first kappa shape index (κ1) is 17.3. The molecule has 2 aromatic rings. The van der Waals surface area contributed by atoms with Gasteiger partial charge in [0.05, 0.1) is 0 Å². The molecule has 1 heterocycles. The number of benzene rings is 2. The van der Waals surface area contributed by atoms with E-state index in [9.17, 15) is 9.59 Å². The number of carboxylic acids is 1. The second-order valence-electron chi connectivity index (χ2n) is 6.44. The van der Waals surface area contributed by atoms with Crippen LogP contribution in [0.15, 0.2) is 42.5 Å². The fraction of sp³-hybridized carbons (Fsp3) is 0.400. The van der Waals surface area contributed by atoms with Crippen molar-refractivity contribution in [3.05, 3.63) is 42.5 Å². The molecule has 1 saturated heterocycles. The van der Waals surface area contributed by atoms with Gasteiger partial charge >= 0.3 is 5.97 Å². The molecule has 1 N–H and O–H groups in total. The summed E-state index contributed by atoms with van der Waals surface area (Å²) < 4.78 is 5.80. The minimum Gasteiger partial charge on any atom is -0.483 e. The van der Waals surface area contributed by atoms with Crippen molar-refractivity contribution in [2.75, 3.05) is 13.2 Å². The molecule has 0 bridgehead atoms. The molecule has 0 saturated carbocycles. The summed E-state index contributed by atoms with van der Waals surface area (Å²) in [6.07, 6.45) is 3.48. The number of fused-ring (bicyclic) bond motifs is 1. The van der Waals surface area contributed by atoms with Crippen molar-refractivity contribution in [3.63, 3.8) is 0 Å². The van der Waals surface area contributed by atoms with Gasteiger partial charge in [0.15, 0.2) is 6.61 Å². The number of carboxylic acid groups (broad SMARTS) is 1. The predicted molar refractivity (Wildman–Crippen MR) is 95.7 cm³/mol. The molecule has 0 aliphatic carbocycles. The fourth-order valence-corrected chi connectivity index (χ4v) is 3.46. The maximum atomic E-state index is 12.6. The van der Waals surface area contributed by atoms with E-state index in [1.54, 1.807) is 4.90 Å². The van der Waals surface area contributed by atoms with Crippen molar-refractivity contribution < 1.29 is 19.4 Å². The van der Waals surface area contributed by atoms with Gasteiger partial charge < -0.3 is 14.7 Å². The molecule has 1 amide bonds. The van der Waals surface area contributed by atoms with E-state index < -0.39 is 5.97 Å². The Morgan fingerprint density at radius 1 is 1.12 bits per heavy atom. The van der Waals surface area contributed by atoms with Crippen molar-refractivity contribution >= 4 is 22.6 Å². The van der Waals surface area contributed by atoms with E-state index in [1.807, 2.05) is 42.5 Å². The van der Waals surface area contributed by atoms with Crippen molar-refractivity contribution in [1.29, 1.82) is 0 Å². The topological polar surface area (TPSA) is 66.8 Å². The second kappa shape index (κ2) is 8.01. The molecule has 3 rings (SSSR count). The van der Waals surface area contributed by atoms with E-state index in [1.165, 1.54) is 0 Å². The Kier molecular flexibility index (Phi) is 5.53. The van der Waals surface area contributed by atoms with Gasteiger partial charge in [0.1, 0.15) is 5.75 Å². The van der Waals surface area contributed by atoms with Crippen LogP contribution >= 0.6 is 0 Å². The summed E-state index contributed by atoms with van der Waals surface area (Å²) >= 11 is 0. The molecule has 5 heteroatoms. The highest BCUT2D eigenvalue weighted by Gasteiger charge is 2.27. The third kappa shape index (κ3) is 4.29. The van der Waals surface area contributed by atoms with Crippen LogP contribution in [-0.2, 0) is 9.59 Å². The van der Waals surface area contributed by atoms with Gasteiger partial charge in [-0.3, -0.25) is 9.59 Å². The first-order chi connectivity index (χ1) is 12.1. The van der Waals surface area contributed by atoms with Gasteiger partial charge in [-0.25, -0.2) is 0 Å². The normalized spacial score (nSPS) is 17.4. The van der Waals surface area contributed by atoms with Crippen LogP contribution in [-0.4, -0.2) is 41.1 Å². The van der Waals surface area contributed by atoms with Gasteiger partial charge in [0, 0.05) is 24.4 Å². The van der Waals surface area contributed by atoms with Gasteiger partial charge in [-0.1, -0.05) is 36.4 Å². The molecule has 1 fully saturated rings. The molecule has 132 valence electrons. The van der Waals surface area contributed by atoms with Crippen LogP contribution in [0.2, 0.25) is 0 Å². The maximum absolute atomic E-state index is 12.6. The van der Waals surface area contributed by atoms with Gasteiger partial charge in [-0.15, -0.1) is 0 Å². The highest BCUT2D eigenvalue weighted by atomic mass is 16.5. The lowest BCUT2D eigenvalue weighted by Crippen LogP contribution is -2.46. The number of hydrogen-bond acceptors (Lipinski definition) is 3. The van der Waals surface area contributed by atoms with Crippen LogP contribution in [0.3, 0.4) is 0 Å². The number of ether oxygens (including phenoxy) is 1. The molecule has 1 aliphatic rings. The summed E-state index contributed by atoms with van der Waals surface area (Å²) in [7, 11) is 0. The van der Waals surface area contributed by atoms with Crippen LogP contribution in [0.25, 0.3) is 10.8 Å². The Morgan fingerprint density at radius 3 is 2.76 bits per heavy atom. The monoisotopic (exact) mass is 341 g/mol. The number of likely N-dealkylation sites (tertiary alicyclic amines) is 1. The molecule has 1 aliphatic heterocycles. The quantitative estimate of drug-likeness (QED) is 0.874. The summed E-state index contributed by atoms with van der Waals surface area (Å²) in [5.74, 6) is -0.182. The van der Waals surface area contributed by atoms with Crippen molar-refractivity contribution in [2.24, 2.45) is 0 Å². The molecule has 0 aromatic heterocycles. The van der Waals surface area contributed by atoms with Gasteiger partial charge in [0.2, 0.25) is 0 Å². The summed E-state index contributed by atoms with van der Waals surface area (Å²) in [4.78, 5) is 25.2. The SMILES string of the molecule is O=C(O)CCC1CCCCN1C(=O)COc1cccc2ccccc12. The minimum absolute atomic E-state index is 0.00784. The van der Waals surface area contributed by atoms with Crippen LogP contribution < -0.4 is 4.74 Å². The molecule has 0 radical (unpaired) electrons. The second-order valence-corrected chi connectivity index (χ2v) is 6.44. The number of piperidine rings is 1. The zero-order chi connectivity index (χ0) is 17.6. The van der Waals surface area contributed by atoms with E-state index in [0.717, 1.165) is 30.0 Å². The molecular formula is C20H23NO4. The number of rotatable bonds is 6. The average Bonchev–Trinajstić information content (AvgIpc) is 2.64. The number of hydrogen-bond donors (Lipinski definition) is 1. The largest absolute Gasteiger partial charge is 0.483 e. The third-order valence-corrected chi connectivity index (χ3v) is 4.74. The average molecular weight is 341 g/mol. The molecule has 25 heavy (non-hydrogen) atoms. The number of aliphatic carboxylic acids is 1. The van der Waals surface area contributed by atoms with E-state index in [4.69, 9.17) is 9.84 Å². The molecule has 0 spiro atoms. The Hall–Kier alpha value is -2.56. The molecule has 5 nitrogen and oxygen atoms in total. The van der Waals surface area contributed by atoms with E-state index in [0.29, 0.717) is 18.7 Å². The van der Waals surface area contributed by atoms with Crippen LogP contribution in [0.5, 0.6) is 5.75 Å². The van der Waals surface area contributed by atoms with E-state index in [-0.39, 0.29) is 25.0 Å². The Balaban J connectivity index is 1.65. The maximum Gasteiger partial charge on any atom is 0.303 e. The highest BCUT2D eigenvalue weighted by molar-refractivity contribution is 5.88. The lowest BCUT2D eigenvalue weighted by molar-refractivity contribution is -0.141. The van der Waals surface area contributed by atoms with E-state index in [2.05, 4.69) is 0 Å². The third-order valence-electron chi connectivity index (χ3n) is 4.74. The Bertz CT molecular complexity index is 753. The molecule has 2 aromatic carbocycles. The van der Waals surface area contributed by atoms with Gasteiger partial charge in [-0.05, 0) is 37.1 Å². The Labute approximate surface area is 147 Å². The lowest BCUT2D eigenvalue weighted by Gasteiger charge is -2.35. The molecule has 1 unspecified atom stereocenters. The fourth-order valence-electron chi connectivity index (χ4n) is 3.46. The highest BCUT2D eigenvalue weighted by Crippen LogP contribution is 2.26. The number of nitrogens with zero attached hydrogens (tertiary/aromatic N) is 1. The van der Waals surface area contributed by atoms with Crippen LogP contribution in [0.4, 0.5) is 0 Å². The number of carbonyl (C=O) groups excluding carboxylic acids is 1. The van der Waals surface area contributed by atoms with Crippen LogP contribution in [0, 0.1) is 0 Å².